The van der Waals surface area contributed by atoms with E-state index in [0.29, 0.717) is 28.2 Å². The Morgan fingerprint density at radius 2 is 1.69 bits per heavy atom. The quantitative estimate of drug-likeness (QED) is 0.424. The first kappa shape index (κ1) is 19.3. The van der Waals surface area contributed by atoms with Gasteiger partial charge in [0.25, 0.3) is 5.91 Å². The van der Waals surface area contributed by atoms with Crippen molar-refractivity contribution in [3.8, 4) is 28.3 Å². The Morgan fingerprint density at radius 1 is 0.969 bits per heavy atom. The molecule has 0 aliphatic heterocycles. The van der Waals surface area contributed by atoms with E-state index in [2.05, 4.69) is 4.98 Å². The molecule has 0 radical (unpaired) electrons. The number of furan rings is 1. The molecule has 2 aromatic carbocycles. The molecule has 0 spiro atoms. The zero-order valence-electron chi connectivity index (χ0n) is 16.7. The summed E-state index contributed by atoms with van der Waals surface area (Å²) < 4.78 is 7.89. The highest BCUT2D eigenvalue weighted by molar-refractivity contribution is 6.09. The Balaban J connectivity index is 1.89. The number of carbonyl (C=O) groups is 2. The summed E-state index contributed by atoms with van der Waals surface area (Å²) in [5.74, 6) is -1.44. The normalized spacial score (nSPS) is 11.0. The maximum absolute atomic E-state index is 12.8. The smallest absolute Gasteiger partial charge is 0.336 e. The number of benzene rings is 2. The van der Waals surface area contributed by atoms with Gasteiger partial charge < -0.3 is 19.8 Å². The summed E-state index contributed by atoms with van der Waals surface area (Å²) in [6, 6.07) is 19.4. The first-order valence-electron chi connectivity index (χ1n) is 9.82. The molecule has 5 aromatic rings. The Kier molecular flexibility index (Phi) is 4.56. The minimum Gasteiger partial charge on any atom is -0.478 e. The number of carbonyl (C=O) groups excluding carboxylic acids is 1. The second kappa shape index (κ2) is 7.55. The number of fused-ring (bicyclic) bond motifs is 1. The summed E-state index contributed by atoms with van der Waals surface area (Å²) in [5, 5.41) is 10.5. The molecule has 156 valence electrons. The molecular formula is C25H17N3O4. The number of para-hydroxylation sites is 1. The summed E-state index contributed by atoms with van der Waals surface area (Å²) in [6.07, 6.45) is 5.22. The van der Waals surface area contributed by atoms with E-state index in [1.54, 1.807) is 29.0 Å². The SMILES string of the molecule is NC(=O)c1c(-c2ccccc2C(=O)O)ncc(-n2cccc2)c1-c1cc2ccccc2o1. The molecular weight excluding hydrogens is 406 g/mol. The third-order valence-electron chi connectivity index (χ3n) is 5.27. The number of nitrogens with two attached hydrogens (primary N) is 1. The number of nitrogens with zero attached hydrogens (tertiary/aromatic N) is 2. The van der Waals surface area contributed by atoms with Crippen molar-refractivity contribution in [2.45, 2.75) is 0 Å². The largest absolute Gasteiger partial charge is 0.478 e. The molecule has 3 heterocycles. The van der Waals surface area contributed by atoms with Gasteiger partial charge in [0, 0.05) is 23.3 Å². The lowest BCUT2D eigenvalue weighted by Gasteiger charge is -2.16. The van der Waals surface area contributed by atoms with Gasteiger partial charge in [-0.3, -0.25) is 9.78 Å². The Hall–Kier alpha value is -4.65. The number of hydrogen-bond acceptors (Lipinski definition) is 4. The minimum absolute atomic E-state index is 0.0202. The van der Waals surface area contributed by atoms with Gasteiger partial charge in [-0.25, -0.2) is 4.79 Å². The van der Waals surface area contributed by atoms with Gasteiger partial charge in [0.2, 0.25) is 0 Å². The number of primary amides is 1. The second-order valence-corrected chi connectivity index (χ2v) is 7.20. The molecule has 7 nitrogen and oxygen atoms in total. The van der Waals surface area contributed by atoms with Crippen molar-refractivity contribution in [3.05, 3.63) is 96.4 Å². The van der Waals surface area contributed by atoms with E-state index in [1.165, 1.54) is 6.07 Å². The molecule has 0 unspecified atom stereocenters. The second-order valence-electron chi connectivity index (χ2n) is 7.20. The summed E-state index contributed by atoms with van der Waals surface area (Å²) >= 11 is 0. The van der Waals surface area contributed by atoms with Gasteiger partial charge in [-0.15, -0.1) is 0 Å². The molecule has 32 heavy (non-hydrogen) atoms. The van der Waals surface area contributed by atoms with Gasteiger partial charge in [0.05, 0.1) is 34.3 Å². The Bertz CT molecular complexity index is 1450. The topological polar surface area (TPSA) is 111 Å². The highest BCUT2D eigenvalue weighted by Gasteiger charge is 2.26. The van der Waals surface area contributed by atoms with E-state index in [-0.39, 0.29) is 16.8 Å². The summed E-state index contributed by atoms with van der Waals surface area (Å²) in [4.78, 5) is 29.1. The summed E-state index contributed by atoms with van der Waals surface area (Å²) in [6.45, 7) is 0. The van der Waals surface area contributed by atoms with Gasteiger partial charge in [0.1, 0.15) is 11.3 Å². The molecule has 0 aliphatic carbocycles. The van der Waals surface area contributed by atoms with E-state index in [4.69, 9.17) is 10.2 Å². The molecule has 1 amide bonds. The van der Waals surface area contributed by atoms with Crippen LogP contribution in [0.25, 0.3) is 39.2 Å². The average Bonchev–Trinajstić information content (AvgIpc) is 3.48. The third-order valence-corrected chi connectivity index (χ3v) is 5.27. The number of aromatic carboxylic acids is 1. The van der Waals surface area contributed by atoms with E-state index < -0.39 is 11.9 Å². The van der Waals surface area contributed by atoms with Crippen molar-refractivity contribution in [1.29, 1.82) is 0 Å². The van der Waals surface area contributed by atoms with Crippen molar-refractivity contribution in [2.75, 3.05) is 0 Å². The van der Waals surface area contributed by atoms with Crippen molar-refractivity contribution in [2.24, 2.45) is 5.73 Å². The Labute approximate surface area is 182 Å². The lowest BCUT2D eigenvalue weighted by molar-refractivity contribution is 0.0697. The number of amides is 1. The summed E-state index contributed by atoms with van der Waals surface area (Å²) in [7, 11) is 0. The van der Waals surface area contributed by atoms with Gasteiger partial charge in [0.15, 0.2) is 0 Å². The highest BCUT2D eigenvalue weighted by Crippen LogP contribution is 2.38. The standard InChI is InChI=1S/C25H17N3O4/c26-24(29)22-21(20-13-15-7-1-4-10-19(15)32-20)18(28-11-5-6-12-28)14-27-23(22)16-8-2-3-9-17(16)25(30)31/h1-14H,(H2,26,29)(H,30,31). The molecule has 0 bridgehead atoms. The number of rotatable bonds is 5. The predicted molar refractivity (Wildman–Crippen MR) is 120 cm³/mol. The maximum Gasteiger partial charge on any atom is 0.336 e. The van der Waals surface area contributed by atoms with E-state index >= 15 is 0 Å². The van der Waals surface area contributed by atoms with Crippen LogP contribution in [0.2, 0.25) is 0 Å². The summed E-state index contributed by atoms with van der Waals surface area (Å²) in [5.41, 5.74) is 8.12. The van der Waals surface area contributed by atoms with Crippen molar-refractivity contribution >= 4 is 22.8 Å². The number of carboxylic acids is 1. The van der Waals surface area contributed by atoms with Crippen molar-refractivity contribution in [3.63, 3.8) is 0 Å². The van der Waals surface area contributed by atoms with Crippen LogP contribution in [-0.4, -0.2) is 26.5 Å². The van der Waals surface area contributed by atoms with Crippen LogP contribution in [-0.2, 0) is 0 Å². The van der Waals surface area contributed by atoms with Crippen LogP contribution in [0, 0.1) is 0 Å². The lowest BCUT2D eigenvalue weighted by atomic mass is 9.94. The molecule has 0 saturated heterocycles. The Morgan fingerprint density at radius 3 is 2.41 bits per heavy atom. The van der Waals surface area contributed by atoms with Crippen LogP contribution in [0.1, 0.15) is 20.7 Å². The number of pyridine rings is 1. The van der Waals surface area contributed by atoms with Crippen LogP contribution in [0.5, 0.6) is 0 Å². The maximum atomic E-state index is 12.8. The molecule has 0 atom stereocenters. The fourth-order valence-electron chi connectivity index (χ4n) is 3.87. The molecule has 3 aromatic heterocycles. The molecule has 0 fully saturated rings. The average molecular weight is 423 g/mol. The first-order valence-corrected chi connectivity index (χ1v) is 9.82. The van der Waals surface area contributed by atoms with Gasteiger partial charge in [-0.2, -0.15) is 0 Å². The zero-order chi connectivity index (χ0) is 22.2. The predicted octanol–water partition coefficient (Wildman–Crippen LogP) is 4.75. The lowest BCUT2D eigenvalue weighted by Crippen LogP contribution is -2.17. The number of aromatic nitrogens is 2. The monoisotopic (exact) mass is 423 g/mol. The van der Waals surface area contributed by atoms with Crippen molar-refractivity contribution < 1.29 is 19.1 Å². The highest BCUT2D eigenvalue weighted by atomic mass is 16.4. The van der Waals surface area contributed by atoms with Crippen LogP contribution < -0.4 is 5.73 Å². The fourth-order valence-corrected chi connectivity index (χ4v) is 3.87. The third kappa shape index (κ3) is 3.13. The van der Waals surface area contributed by atoms with Crippen LogP contribution >= 0.6 is 0 Å². The first-order chi connectivity index (χ1) is 15.5. The number of carboxylic acid groups (broad SMARTS) is 1. The van der Waals surface area contributed by atoms with E-state index in [9.17, 15) is 14.7 Å². The van der Waals surface area contributed by atoms with Gasteiger partial charge >= 0.3 is 5.97 Å². The van der Waals surface area contributed by atoms with E-state index in [1.807, 2.05) is 54.9 Å². The molecule has 3 N–H and O–H groups in total. The molecule has 0 aliphatic rings. The zero-order valence-corrected chi connectivity index (χ0v) is 16.7. The van der Waals surface area contributed by atoms with Crippen molar-refractivity contribution in [1.82, 2.24) is 9.55 Å². The molecule has 0 saturated carbocycles. The van der Waals surface area contributed by atoms with Gasteiger partial charge in [-0.1, -0.05) is 36.4 Å². The van der Waals surface area contributed by atoms with Crippen LogP contribution in [0.3, 0.4) is 0 Å². The number of hydrogen-bond donors (Lipinski definition) is 2. The van der Waals surface area contributed by atoms with E-state index in [0.717, 1.165) is 5.39 Å². The fraction of sp³-hybridized carbons (Fsp3) is 0. The van der Waals surface area contributed by atoms with Crippen LogP contribution in [0.15, 0.2) is 89.7 Å². The van der Waals surface area contributed by atoms with Crippen LogP contribution in [0.4, 0.5) is 0 Å². The minimum atomic E-state index is -1.13. The van der Waals surface area contributed by atoms with Gasteiger partial charge in [-0.05, 0) is 30.3 Å². The molecule has 7 heteroatoms. The molecule has 5 rings (SSSR count).